The minimum atomic E-state index is -0.0256. The smallest absolute Gasteiger partial charge is 0.317 e. The molecule has 152 valence electrons. The van der Waals surface area contributed by atoms with Crippen LogP contribution in [0.25, 0.3) is 0 Å². The maximum absolute atomic E-state index is 12.7. The molecule has 1 aliphatic heterocycles. The molecule has 2 aliphatic rings. The zero-order valence-corrected chi connectivity index (χ0v) is 17.2. The minimum Gasteiger partial charge on any atom is -0.334 e. The van der Waals surface area contributed by atoms with Crippen LogP contribution in [-0.4, -0.2) is 60.4 Å². The highest BCUT2D eigenvalue weighted by atomic mass is 16.2. The lowest BCUT2D eigenvalue weighted by molar-refractivity contribution is -0.119. The molecule has 1 aliphatic carbocycles. The number of carbonyl (C=O) groups excluding carboxylic acids is 2. The van der Waals surface area contributed by atoms with Gasteiger partial charge in [0.25, 0.3) is 0 Å². The summed E-state index contributed by atoms with van der Waals surface area (Å²) in [5.41, 5.74) is 2.00. The maximum atomic E-state index is 12.7. The number of amides is 2. The van der Waals surface area contributed by atoms with E-state index < -0.39 is 0 Å². The average molecular weight is 384 g/mol. The molecular formula is C23H33N3O2. The van der Waals surface area contributed by atoms with Crippen molar-refractivity contribution in [3.8, 4) is 0 Å². The SMILES string of the molecule is C=C1C[C@@H]2[C@@H](CC1=O)C[C@H](NC(=O)N(C)CCc1ccccc1)CN2CCC. The number of ketones is 1. The van der Waals surface area contributed by atoms with E-state index in [0.717, 1.165) is 44.3 Å². The number of fused-ring (bicyclic) bond motifs is 1. The Morgan fingerprint density at radius 3 is 2.75 bits per heavy atom. The van der Waals surface area contributed by atoms with Gasteiger partial charge in [-0.2, -0.15) is 0 Å². The molecule has 2 amide bonds. The second-order valence-electron chi connectivity index (χ2n) is 8.30. The van der Waals surface area contributed by atoms with Crippen molar-refractivity contribution in [2.75, 3.05) is 26.7 Å². The molecule has 0 aromatic heterocycles. The zero-order chi connectivity index (χ0) is 20.1. The van der Waals surface area contributed by atoms with Crippen molar-refractivity contribution in [3.63, 3.8) is 0 Å². The predicted octanol–water partition coefficient (Wildman–Crippen LogP) is 3.26. The molecule has 1 heterocycles. The highest BCUT2D eigenvalue weighted by molar-refractivity contribution is 5.95. The third kappa shape index (κ3) is 5.02. The average Bonchev–Trinajstić information content (AvgIpc) is 2.68. The number of likely N-dealkylation sites (tertiary alicyclic amines) is 1. The van der Waals surface area contributed by atoms with E-state index in [1.165, 1.54) is 5.56 Å². The molecule has 5 nitrogen and oxygen atoms in total. The number of rotatable bonds is 6. The van der Waals surface area contributed by atoms with Gasteiger partial charge in [0, 0.05) is 38.6 Å². The molecule has 0 spiro atoms. The van der Waals surface area contributed by atoms with Crippen LogP contribution < -0.4 is 5.32 Å². The highest BCUT2D eigenvalue weighted by Crippen LogP contribution is 2.35. The predicted molar refractivity (Wildman–Crippen MR) is 112 cm³/mol. The Hall–Kier alpha value is -2.14. The lowest BCUT2D eigenvalue weighted by atomic mass is 9.74. The Bertz CT molecular complexity index is 703. The van der Waals surface area contributed by atoms with Crippen LogP contribution in [0.1, 0.15) is 38.2 Å². The van der Waals surface area contributed by atoms with Crippen LogP contribution in [0, 0.1) is 5.92 Å². The van der Waals surface area contributed by atoms with E-state index in [1.54, 1.807) is 4.90 Å². The van der Waals surface area contributed by atoms with E-state index in [4.69, 9.17) is 0 Å². The van der Waals surface area contributed by atoms with Crippen molar-refractivity contribution in [3.05, 3.63) is 48.0 Å². The molecular weight excluding hydrogens is 350 g/mol. The van der Waals surface area contributed by atoms with Crippen LogP contribution >= 0.6 is 0 Å². The third-order valence-electron chi connectivity index (χ3n) is 6.12. The van der Waals surface area contributed by atoms with Gasteiger partial charge < -0.3 is 10.2 Å². The minimum absolute atomic E-state index is 0.0256. The molecule has 0 radical (unpaired) electrons. The largest absolute Gasteiger partial charge is 0.334 e. The second kappa shape index (κ2) is 9.37. The summed E-state index contributed by atoms with van der Waals surface area (Å²) in [5.74, 6) is 0.517. The number of Topliss-reactive ketones (excluding diaryl/α,β-unsaturated/α-hetero) is 1. The molecule has 0 bridgehead atoms. The lowest BCUT2D eigenvalue weighted by Crippen LogP contribution is -2.58. The number of likely N-dealkylation sites (N-methyl/N-ethyl adjacent to an activating group) is 1. The molecule has 3 atom stereocenters. The zero-order valence-electron chi connectivity index (χ0n) is 17.2. The molecule has 1 aromatic rings. The molecule has 1 N–H and O–H groups in total. The van der Waals surface area contributed by atoms with E-state index in [0.29, 0.717) is 24.9 Å². The van der Waals surface area contributed by atoms with Crippen LogP contribution in [-0.2, 0) is 11.2 Å². The monoisotopic (exact) mass is 383 g/mol. The van der Waals surface area contributed by atoms with Gasteiger partial charge in [-0.1, -0.05) is 43.8 Å². The van der Waals surface area contributed by atoms with Crippen molar-refractivity contribution in [2.45, 2.75) is 51.1 Å². The normalized spacial score (nSPS) is 25.3. The Morgan fingerprint density at radius 1 is 1.29 bits per heavy atom. The Labute approximate surface area is 168 Å². The number of hydrogen-bond donors (Lipinski definition) is 1. The highest BCUT2D eigenvalue weighted by Gasteiger charge is 2.41. The van der Waals surface area contributed by atoms with Gasteiger partial charge in [0.15, 0.2) is 5.78 Å². The van der Waals surface area contributed by atoms with Gasteiger partial charge >= 0.3 is 6.03 Å². The maximum Gasteiger partial charge on any atom is 0.317 e. The van der Waals surface area contributed by atoms with Gasteiger partial charge in [-0.05, 0) is 49.3 Å². The first-order valence-corrected chi connectivity index (χ1v) is 10.5. The van der Waals surface area contributed by atoms with E-state index in [1.807, 2.05) is 25.2 Å². The van der Waals surface area contributed by atoms with Crippen LogP contribution in [0.2, 0.25) is 0 Å². The van der Waals surface area contributed by atoms with Gasteiger partial charge in [0.05, 0.1) is 0 Å². The molecule has 1 saturated heterocycles. The Balaban J connectivity index is 1.56. The molecule has 2 fully saturated rings. The second-order valence-corrected chi connectivity index (χ2v) is 8.30. The number of hydrogen-bond acceptors (Lipinski definition) is 3. The van der Waals surface area contributed by atoms with E-state index in [2.05, 4.69) is 35.9 Å². The summed E-state index contributed by atoms with van der Waals surface area (Å²) in [4.78, 5) is 29.1. The standard InChI is InChI=1S/C23H33N3O2/c1-4-11-26-16-20(14-19-15-22(27)17(2)13-21(19)26)24-23(28)25(3)12-10-18-8-6-5-7-9-18/h5-9,19-21H,2,4,10-16H2,1,3H3,(H,24,28)/t19-,20+,21-/m1/s1. The summed E-state index contributed by atoms with van der Waals surface area (Å²) in [6.45, 7) is 8.68. The van der Waals surface area contributed by atoms with Gasteiger partial charge in [0.2, 0.25) is 0 Å². The number of carbonyl (C=O) groups is 2. The lowest BCUT2D eigenvalue weighted by Gasteiger charge is -2.47. The fourth-order valence-corrected chi connectivity index (χ4v) is 4.55. The van der Waals surface area contributed by atoms with Crippen LogP contribution in [0.5, 0.6) is 0 Å². The van der Waals surface area contributed by atoms with Gasteiger partial charge in [-0.15, -0.1) is 0 Å². The first-order valence-electron chi connectivity index (χ1n) is 10.5. The Kier molecular flexibility index (Phi) is 6.89. The van der Waals surface area contributed by atoms with Crippen molar-refractivity contribution in [1.82, 2.24) is 15.1 Å². The van der Waals surface area contributed by atoms with Gasteiger partial charge in [-0.3, -0.25) is 9.69 Å². The third-order valence-corrected chi connectivity index (χ3v) is 6.12. The van der Waals surface area contributed by atoms with Crippen LogP contribution in [0.15, 0.2) is 42.5 Å². The molecule has 3 rings (SSSR count). The molecule has 5 heteroatoms. The summed E-state index contributed by atoms with van der Waals surface area (Å²) < 4.78 is 0. The number of nitrogens with zero attached hydrogens (tertiary/aromatic N) is 2. The number of nitrogens with one attached hydrogen (secondary N) is 1. The fraction of sp³-hybridized carbons (Fsp3) is 0.565. The molecule has 1 saturated carbocycles. The van der Waals surface area contributed by atoms with Crippen molar-refractivity contribution >= 4 is 11.8 Å². The first-order chi connectivity index (χ1) is 13.5. The first kappa shape index (κ1) is 20.6. The molecule has 28 heavy (non-hydrogen) atoms. The quantitative estimate of drug-likeness (QED) is 0.767. The summed E-state index contributed by atoms with van der Waals surface area (Å²) in [6, 6.07) is 10.7. The summed E-state index contributed by atoms with van der Waals surface area (Å²) >= 11 is 0. The van der Waals surface area contributed by atoms with Crippen molar-refractivity contribution in [2.24, 2.45) is 5.92 Å². The van der Waals surface area contributed by atoms with Crippen LogP contribution in [0.4, 0.5) is 4.79 Å². The van der Waals surface area contributed by atoms with Crippen LogP contribution in [0.3, 0.4) is 0 Å². The summed E-state index contributed by atoms with van der Waals surface area (Å²) in [7, 11) is 1.85. The van der Waals surface area contributed by atoms with Crippen molar-refractivity contribution < 1.29 is 9.59 Å². The summed E-state index contributed by atoms with van der Waals surface area (Å²) in [5, 5.41) is 3.21. The van der Waals surface area contributed by atoms with Gasteiger partial charge in [0.1, 0.15) is 0 Å². The van der Waals surface area contributed by atoms with E-state index >= 15 is 0 Å². The molecule has 0 unspecified atom stereocenters. The van der Waals surface area contributed by atoms with Crippen molar-refractivity contribution in [1.29, 1.82) is 0 Å². The van der Waals surface area contributed by atoms with E-state index in [9.17, 15) is 9.59 Å². The number of piperidine rings is 1. The fourth-order valence-electron chi connectivity index (χ4n) is 4.55. The number of benzene rings is 1. The Morgan fingerprint density at radius 2 is 2.04 bits per heavy atom. The topological polar surface area (TPSA) is 52.7 Å². The van der Waals surface area contributed by atoms with Gasteiger partial charge in [-0.25, -0.2) is 4.79 Å². The molecule has 1 aromatic carbocycles. The summed E-state index contributed by atoms with van der Waals surface area (Å²) in [6.07, 6.45) is 4.14. The van der Waals surface area contributed by atoms with E-state index in [-0.39, 0.29) is 17.9 Å². The number of urea groups is 1.